The molecule has 2 rings (SSSR count). The first-order valence-corrected chi connectivity index (χ1v) is 9.22. The van der Waals surface area contributed by atoms with Crippen LogP contribution in [0.5, 0.6) is 0 Å². The Morgan fingerprint density at radius 2 is 2.00 bits per heavy atom. The minimum absolute atomic E-state index is 0. The van der Waals surface area contributed by atoms with E-state index in [-0.39, 0.29) is 22.9 Å². The van der Waals surface area contributed by atoms with E-state index in [4.69, 9.17) is 5.73 Å². The molecule has 1 aromatic heterocycles. The van der Waals surface area contributed by atoms with E-state index in [2.05, 4.69) is 24.3 Å². The monoisotopic (exact) mass is 430 g/mol. The fourth-order valence-corrected chi connectivity index (χ4v) is 3.54. The summed E-state index contributed by atoms with van der Waals surface area (Å²) >= 11 is 1.40. The molecule has 1 atom stereocenters. The number of hydrogen-bond acceptors (Lipinski definition) is 7. The molecule has 0 saturated heterocycles. The number of carbonyl (C=O) groups excluding carboxylic acids is 1. The predicted molar refractivity (Wildman–Crippen MR) is 98.3 cm³/mol. The Kier molecular flexibility index (Phi) is 8.91. The highest BCUT2D eigenvalue weighted by atomic mass is 79.9. The quantitative estimate of drug-likeness (QED) is 0.417. The molecule has 9 heteroatoms. The maximum absolute atomic E-state index is 13.1. The Balaban J connectivity index is 0.00000312. The number of nitrogen functional groups attached to an aromatic ring is 1. The van der Waals surface area contributed by atoms with Crippen molar-refractivity contribution >= 4 is 32.6 Å². The summed E-state index contributed by atoms with van der Waals surface area (Å²) < 4.78 is 0.941. The molecule has 0 bridgehead atoms. The number of nitrogens with one attached hydrogen (secondary N) is 2. The zero-order chi connectivity index (χ0) is 17.7. The molecule has 1 heterocycles. The van der Waals surface area contributed by atoms with Crippen LogP contribution in [0.25, 0.3) is 10.2 Å². The summed E-state index contributed by atoms with van der Waals surface area (Å²) in [5.74, 6) is 0.0459. The van der Waals surface area contributed by atoms with Gasteiger partial charge >= 0.3 is 5.91 Å². The molecule has 4 N–H and O–H groups in total. The highest BCUT2D eigenvalue weighted by Crippen LogP contribution is 2.24. The highest BCUT2D eigenvalue weighted by molar-refractivity contribution is 7.22. The van der Waals surface area contributed by atoms with Crippen molar-refractivity contribution in [2.75, 3.05) is 31.9 Å². The third-order valence-corrected chi connectivity index (χ3v) is 4.65. The third kappa shape index (κ3) is 4.96. The first-order chi connectivity index (χ1) is 11.5. The van der Waals surface area contributed by atoms with Crippen LogP contribution >= 0.6 is 11.3 Å². The van der Waals surface area contributed by atoms with Crippen LogP contribution in [0.4, 0.5) is 5.13 Å². The van der Waals surface area contributed by atoms with E-state index < -0.39 is 0 Å². The third-order valence-electron chi connectivity index (χ3n) is 3.81. The summed E-state index contributed by atoms with van der Waals surface area (Å²) in [7, 11) is 0. The topological polar surface area (TPSA) is 78.9 Å². The molecule has 0 aliphatic rings. The second-order valence-electron chi connectivity index (χ2n) is 5.31. The number of hydrazine groups is 2. The molecule has 7 nitrogen and oxygen atoms in total. The summed E-state index contributed by atoms with van der Waals surface area (Å²) in [6.07, 6.45) is 0. The smallest absolute Gasteiger partial charge is 0.364 e. The highest BCUT2D eigenvalue weighted by Gasteiger charge is 2.30. The molecule has 25 heavy (non-hydrogen) atoms. The van der Waals surface area contributed by atoms with Crippen LogP contribution in [-0.4, -0.2) is 47.3 Å². The number of rotatable bonds is 8. The number of amides is 1. The van der Waals surface area contributed by atoms with E-state index in [1.54, 1.807) is 0 Å². The summed E-state index contributed by atoms with van der Waals surface area (Å²) in [6.45, 7) is 11.2. The molecule has 1 aromatic carbocycles. The molecule has 0 saturated carbocycles. The fourth-order valence-electron chi connectivity index (χ4n) is 2.77. The Labute approximate surface area is 163 Å². The second-order valence-corrected chi connectivity index (χ2v) is 6.37. The van der Waals surface area contributed by atoms with E-state index in [0.29, 0.717) is 17.2 Å². The first kappa shape index (κ1) is 21.9. The van der Waals surface area contributed by atoms with Gasteiger partial charge < -0.3 is 22.7 Å². The van der Waals surface area contributed by atoms with Crippen molar-refractivity contribution in [3.63, 3.8) is 0 Å². The molecule has 2 aromatic rings. The van der Waals surface area contributed by atoms with Crippen molar-refractivity contribution in [1.29, 1.82) is 0 Å². The molecule has 0 aliphatic heterocycles. The van der Waals surface area contributed by atoms with Crippen LogP contribution in [0.3, 0.4) is 0 Å². The number of nitrogens with zero attached hydrogens (tertiary/aromatic N) is 3. The van der Waals surface area contributed by atoms with Crippen LogP contribution in [-0.2, 0) is 0 Å². The zero-order valence-corrected chi connectivity index (χ0v) is 17.6. The summed E-state index contributed by atoms with van der Waals surface area (Å²) in [6, 6.07) is 5.58. The average Bonchev–Trinajstić information content (AvgIpc) is 2.96. The van der Waals surface area contributed by atoms with Gasteiger partial charge in [0, 0.05) is 13.1 Å². The number of benzene rings is 1. The molecule has 1 unspecified atom stereocenters. The summed E-state index contributed by atoms with van der Waals surface area (Å²) in [5, 5.41) is 5.32. The SMILES string of the molecule is CCNN(CC)N(CC)[NH+](CC)C(=O)c1ccc2nc(N)sc2c1.[Br-]. The van der Waals surface area contributed by atoms with E-state index in [0.717, 1.165) is 34.9 Å². The number of carbonyl (C=O) groups is 1. The molecular weight excluding hydrogens is 404 g/mol. The lowest BCUT2D eigenvalue weighted by atomic mass is 10.2. The van der Waals surface area contributed by atoms with Gasteiger partial charge in [0.15, 0.2) is 5.13 Å². The largest absolute Gasteiger partial charge is 1.00 e. The van der Waals surface area contributed by atoms with Crippen LogP contribution in [0, 0.1) is 0 Å². The number of nitrogens with two attached hydrogens (primary N) is 1. The average molecular weight is 431 g/mol. The lowest BCUT2D eigenvalue weighted by molar-refractivity contribution is -0.966. The normalized spacial score (nSPS) is 12.6. The van der Waals surface area contributed by atoms with Gasteiger partial charge in [0.1, 0.15) is 6.54 Å². The molecule has 140 valence electrons. The van der Waals surface area contributed by atoms with Crippen molar-refractivity contribution in [1.82, 2.24) is 20.6 Å². The Hall–Kier alpha value is -1.10. The molecule has 0 fully saturated rings. The van der Waals surface area contributed by atoms with Crippen molar-refractivity contribution in [2.45, 2.75) is 27.7 Å². The molecular formula is C16H27BrN6OS. The van der Waals surface area contributed by atoms with E-state index in [1.807, 2.05) is 42.3 Å². The fraction of sp³-hybridized carbons (Fsp3) is 0.500. The van der Waals surface area contributed by atoms with Gasteiger partial charge in [0.05, 0.1) is 22.3 Å². The van der Waals surface area contributed by atoms with Gasteiger partial charge in [-0.3, -0.25) is 0 Å². The number of halogens is 1. The lowest BCUT2D eigenvalue weighted by Gasteiger charge is -2.35. The van der Waals surface area contributed by atoms with Gasteiger partial charge in [0.2, 0.25) is 0 Å². The van der Waals surface area contributed by atoms with Crippen LogP contribution in [0.1, 0.15) is 38.1 Å². The number of quaternary nitrogens is 1. The molecule has 0 aliphatic carbocycles. The predicted octanol–water partition coefficient (Wildman–Crippen LogP) is -2.07. The molecule has 1 amide bonds. The van der Waals surface area contributed by atoms with Crippen molar-refractivity contribution in [2.24, 2.45) is 0 Å². The Morgan fingerprint density at radius 3 is 2.56 bits per heavy atom. The van der Waals surface area contributed by atoms with Gasteiger partial charge in [-0.1, -0.05) is 23.4 Å². The Morgan fingerprint density at radius 1 is 1.28 bits per heavy atom. The number of thiazole rings is 1. The number of anilines is 1. The van der Waals surface area contributed by atoms with E-state index in [1.165, 1.54) is 11.3 Å². The molecule has 0 radical (unpaired) electrons. The second kappa shape index (κ2) is 10.1. The van der Waals surface area contributed by atoms with Crippen LogP contribution in [0.2, 0.25) is 0 Å². The minimum atomic E-state index is 0. The standard InChI is InChI=1S/C16H26N6OS.BrH/c1-5-18-21(7-3)22(8-4)20(6-2)15(23)12-9-10-13-14(11-12)24-16(17)19-13;/h9-11,18H,5-8H2,1-4H3,(H2,17,19);1H. The number of fused-ring (bicyclic) bond motifs is 1. The Bertz CT molecular complexity index is 694. The van der Waals surface area contributed by atoms with E-state index in [9.17, 15) is 4.79 Å². The van der Waals surface area contributed by atoms with Crippen LogP contribution < -0.4 is 33.1 Å². The maximum Gasteiger partial charge on any atom is 0.364 e. The van der Waals surface area contributed by atoms with E-state index >= 15 is 0 Å². The van der Waals surface area contributed by atoms with Gasteiger partial charge in [-0.05, 0) is 39.0 Å². The van der Waals surface area contributed by atoms with Gasteiger partial charge in [-0.2, -0.15) is 5.01 Å². The maximum atomic E-state index is 13.1. The summed E-state index contributed by atoms with van der Waals surface area (Å²) in [5.41, 5.74) is 10.6. The number of hydrogen-bond donors (Lipinski definition) is 3. The minimum Gasteiger partial charge on any atom is -1.00 e. The van der Waals surface area contributed by atoms with Crippen molar-refractivity contribution < 1.29 is 26.8 Å². The van der Waals surface area contributed by atoms with Gasteiger partial charge in [0.25, 0.3) is 0 Å². The van der Waals surface area contributed by atoms with Gasteiger partial charge in [-0.25, -0.2) is 15.2 Å². The van der Waals surface area contributed by atoms with Crippen LogP contribution in [0.15, 0.2) is 18.2 Å². The number of aromatic nitrogens is 1. The zero-order valence-electron chi connectivity index (χ0n) is 15.2. The van der Waals surface area contributed by atoms with Crippen molar-refractivity contribution in [3.8, 4) is 0 Å². The van der Waals surface area contributed by atoms with Crippen molar-refractivity contribution in [3.05, 3.63) is 23.8 Å². The first-order valence-electron chi connectivity index (χ1n) is 8.40. The lowest BCUT2D eigenvalue weighted by Crippen LogP contribution is -3.22. The van der Waals surface area contributed by atoms with Gasteiger partial charge in [-0.15, -0.1) is 5.12 Å². The summed E-state index contributed by atoms with van der Waals surface area (Å²) in [4.78, 5) is 17.3. The molecule has 0 spiro atoms.